The Balaban J connectivity index is 1.72. The molecule has 2 amide bonds. The van der Waals surface area contributed by atoms with Crippen molar-refractivity contribution < 1.29 is 19.4 Å². The number of carbonyl (C=O) groups excluding carboxylic acids is 1. The highest BCUT2D eigenvalue weighted by Crippen LogP contribution is 2.48. The minimum Gasteiger partial charge on any atom is -0.481 e. The maximum Gasteiger partial charge on any atom is 0.315 e. The monoisotopic (exact) mass is 296 g/mol. The molecule has 0 saturated heterocycles. The fraction of sp³-hybridized carbons (Fsp3) is 0.733. The largest absolute Gasteiger partial charge is 0.481 e. The van der Waals surface area contributed by atoms with Crippen molar-refractivity contribution in [1.82, 2.24) is 10.6 Å². The van der Waals surface area contributed by atoms with E-state index >= 15 is 0 Å². The Hall–Kier alpha value is -1.56. The molecule has 4 atom stereocenters. The van der Waals surface area contributed by atoms with Crippen LogP contribution in [0.5, 0.6) is 0 Å². The summed E-state index contributed by atoms with van der Waals surface area (Å²) in [7, 11) is 0. The Morgan fingerprint density at radius 3 is 2.71 bits per heavy atom. The average molecular weight is 296 g/mol. The second kappa shape index (κ2) is 6.93. The van der Waals surface area contributed by atoms with E-state index in [0.717, 1.165) is 24.8 Å². The van der Waals surface area contributed by atoms with E-state index < -0.39 is 11.9 Å². The lowest BCUT2D eigenvalue weighted by molar-refractivity contribution is -0.144. The van der Waals surface area contributed by atoms with Crippen LogP contribution in [0.15, 0.2) is 12.2 Å². The van der Waals surface area contributed by atoms with E-state index in [2.05, 4.69) is 17.2 Å². The molecule has 6 nitrogen and oxygen atoms in total. The molecule has 6 heteroatoms. The van der Waals surface area contributed by atoms with Gasteiger partial charge in [0.1, 0.15) is 0 Å². The van der Waals surface area contributed by atoms with E-state index in [9.17, 15) is 14.7 Å². The van der Waals surface area contributed by atoms with Crippen molar-refractivity contribution in [2.24, 2.45) is 17.8 Å². The molecule has 0 heterocycles. The van der Waals surface area contributed by atoms with Gasteiger partial charge in [-0.05, 0) is 38.0 Å². The highest BCUT2D eigenvalue weighted by Gasteiger charge is 2.51. The minimum atomic E-state index is -0.794. The number of carboxylic acid groups (broad SMARTS) is 1. The first kappa shape index (κ1) is 15.8. The molecule has 3 N–H and O–H groups in total. The molecule has 0 radical (unpaired) electrons. The van der Waals surface area contributed by atoms with Crippen LogP contribution >= 0.6 is 0 Å². The smallest absolute Gasteiger partial charge is 0.315 e. The number of carbonyl (C=O) groups is 2. The molecule has 0 aromatic heterocycles. The first-order chi connectivity index (χ1) is 9.99. The van der Waals surface area contributed by atoms with Crippen LogP contribution in [0, 0.1) is 17.8 Å². The van der Waals surface area contributed by atoms with E-state index in [1.165, 1.54) is 0 Å². The topological polar surface area (TPSA) is 87.7 Å². The van der Waals surface area contributed by atoms with Gasteiger partial charge in [-0.2, -0.15) is 0 Å². The van der Waals surface area contributed by atoms with Crippen molar-refractivity contribution in [3.63, 3.8) is 0 Å². The Kier molecular flexibility index (Phi) is 5.22. The molecule has 2 aliphatic carbocycles. The van der Waals surface area contributed by atoms with Crippen LogP contribution in [0.1, 0.15) is 26.2 Å². The van der Waals surface area contributed by atoms with Crippen molar-refractivity contribution in [3.8, 4) is 0 Å². The number of amides is 2. The highest BCUT2D eigenvalue weighted by atomic mass is 16.5. The summed E-state index contributed by atoms with van der Waals surface area (Å²) < 4.78 is 5.29. The summed E-state index contributed by atoms with van der Waals surface area (Å²) in [5, 5.41) is 14.9. The quantitative estimate of drug-likeness (QED) is 0.489. The van der Waals surface area contributed by atoms with E-state index in [-0.39, 0.29) is 18.0 Å². The number of rotatable bonds is 7. The summed E-state index contributed by atoms with van der Waals surface area (Å²) in [4.78, 5) is 23.2. The number of aliphatic carboxylic acids is 1. The third kappa shape index (κ3) is 3.97. The standard InChI is InChI=1S/C15H24N2O4/c1-9(2)8-21-6-5-16-15(20)17-13-11-4-3-10(7-11)12(13)14(18)19/h10-13H,1,3-8H2,2H3,(H,18,19)(H2,16,17,20). The number of nitrogens with one attached hydrogen (secondary N) is 2. The Bertz CT molecular complexity index is 424. The summed E-state index contributed by atoms with van der Waals surface area (Å²) in [5.74, 6) is -0.704. The normalized spacial score (nSPS) is 30.1. The lowest BCUT2D eigenvalue weighted by atomic mass is 9.84. The second-order valence-corrected chi connectivity index (χ2v) is 6.13. The summed E-state index contributed by atoms with van der Waals surface area (Å²) in [6, 6.07) is -0.546. The zero-order chi connectivity index (χ0) is 15.4. The second-order valence-electron chi connectivity index (χ2n) is 6.13. The number of urea groups is 1. The van der Waals surface area contributed by atoms with Crippen molar-refractivity contribution in [1.29, 1.82) is 0 Å². The van der Waals surface area contributed by atoms with Crippen LogP contribution in [-0.4, -0.2) is 42.9 Å². The van der Waals surface area contributed by atoms with Gasteiger partial charge in [0, 0.05) is 12.6 Å². The average Bonchev–Trinajstić information content (AvgIpc) is 2.98. The third-order valence-corrected chi connectivity index (χ3v) is 4.38. The molecule has 0 spiro atoms. The van der Waals surface area contributed by atoms with Gasteiger partial charge in [0.2, 0.25) is 0 Å². The van der Waals surface area contributed by atoms with Gasteiger partial charge >= 0.3 is 12.0 Å². The molecule has 0 aromatic carbocycles. The van der Waals surface area contributed by atoms with Crippen LogP contribution in [0.3, 0.4) is 0 Å². The SMILES string of the molecule is C=C(C)COCCNC(=O)NC1C2CCC(C2)C1C(=O)O. The van der Waals surface area contributed by atoms with Gasteiger partial charge in [-0.25, -0.2) is 4.79 Å². The highest BCUT2D eigenvalue weighted by molar-refractivity contribution is 5.77. The van der Waals surface area contributed by atoms with Crippen molar-refractivity contribution in [2.75, 3.05) is 19.8 Å². The predicted octanol–water partition coefficient (Wildman–Crippen LogP) is 1.38. The minimum absolute atomic E-state index is 0.219. The molecule has 2 aliphatic rings. The lowest BCUT2D eigenvalue weighted by Gasteiger charge is -2.28. The molecule has 0 aliphatic heterocycles. The fourth-order valence-electron chi connectivity index (χ4n) is 3.54. The molecular formula is C15H24N2O4. The van der Waals surface area contributed by atoms with Gasteiger partial charge in [-0.15, -0.1) is 0 Å². The predicted molar refractivity (Wildman–Crippen MR) is 77.9 cm³/mol. The summed E-state index contributed by atoms with van der Waals surface area (Å²) in [6.45, 7) is 6.90. The van der Waals surface area contributed by atoms with Gasteiger partial charge in [0.05, 0.1) is 19.1 Å². The number of hydrogen-bond donors (Lipinski definition) is 3. The van der Waals surface area contributed by atoms with E-state index in [1.54, 1.807) is 0 Å². The Morgan fingerprint density at radius 2 is 2.05 bits per heavy atom. The Morgan fingerprint density at radius 1 is 1.33 bits per heavy atom. The molecular weight excluding hydrogens is 272 g/mol. The summed E-state index contributed by atoms with van der Waals surface area (Å²) in [5.41, 5.74) is 0.936. The van der Waals surface area contributed by atoms with Crippen molar-refractivity contribution in [2.45, 2.75) is 32.2 Å². The van der Waals surface area contributed by atoms with Gasteiger partial charge in [0.25, 0.3) is 0 Å². The van der Waals surface area contributed by atoms with Crippen LogP contribution < -0.4 is 10.6 Å². The fourth-order valence-corrected chi connectivity index (χ4v) is 3.54. The first-order valence-corrected chi connectivity index (χ1v) is 7.48. The van der Waals surface area contributed by atoms with E-state index in [1.807, 2.05) is 6.92 Å². The summed E-state index contributed by atoms with van der Waals surface area (Å²) in [6.07, 6.45) is 2.90. The lowest BCUT2D eigenvalue weighted by Crippen LogP contribution is -2.50. The van der Waals surface area contributed by atoms with Crippen molar-refractivity contribution >= 4 is 12.0 Å². The molecule has 2 saturated carbocycles. The molecule has 4 unspecified atom stereocenters. The van der Waals surface area contributed by atoms with Crippen molar-refractivity contribution in [3.05, 3.63) is 12.2 Å². The van der Waals surface area contributed by atoms with E-state index in [4.69, 9.17) is 4.74 Å². The maximum absolute atomic E-state index is 11.9. The van der Waals surface area contributed by atoms with Gasteiger partial charge < -0.3 is 20.5 Å². The van der Waals surface area contributed by atoms with Crippen LogP contribution in [0.25, 0.3) is 0 Å². The molecule has 2 fully saturated rings. The van der Waals surface area contributed by atoms with Crippen LogP contribution in [-0.2, 0) is 9.53 Å². The Labute approximate surface area is 124 Å². The number of fused-ring (bicyclic) bond motifs is 2. The van der Waals surface area contributed by atoms with E-state index in [0.29, 0.717) is 25.7 Å². The molecule has 2 bridgehead atoms. The third-order valence-electron chi connectivity index (χ3n) is 4.38. The number of ether oxygens (including phenoxy) is 1. The maximum atomic E-state index is 11.9. The van der Waals surface area contributed by atoms with Gasteiger partial charge in [0.15, 0.2) is 0 Å². The molecule has 0 aromatic rings. The molecule has 2 rings (SSSR count). The number of carboxylic acids is 1. The zero-order valence-electron chi connectivity index (χ0n) is 12.4. The van der Waals surface area contributed by atoms with Crippen LogP contribution in [0.4, 0.5) is 4.79 Å². The molecule has 21 heavy (non-hydrogen) atoms. The molecule has 118 valence electrons. The van der Waals surface area contributed by atoms with Crippen LogP contribution in [0.2, 0.25) is 0 Å². The summed E-state index contributed by atoms with van der Waals surface area (Å²) >= 11 is 0. The van der Waals surface area contributed by atoms with Gasteiger partial charge in [-0.3, -0.25) is 4.79 Å². The first-order valence-electron chi connectivity index (χ1n) is 7.48. The zero-order valence-corrected chi connectivity index (χ0v) is 12.4. The van der Waals surface area contributed by atoms with Gasteiger partial charge in [-0.1, -0.05) is 12.2 Å². The number of hydrogen-bond acceptors (Lipinski definition) is 3.